The Morgan fingerprint density at radius 1 is 1.42 bits per heavy atom. The van der Waals surface area contributed by atoms with Gasteiger partial charge in [-0.3, -0.25) is 0 Å². The Balaban J connectivity index is 2.05. The van der Waals surface area contributed by atoms with Crippen molar-refractivity contribution in [3.8, 4) is 5.75 Å². The summed E-state index contributed by atoms with van der Waals surface area (Å²) in [6, 6.07) is 5.77. The molecule has 19 heavy (non-hydrogen) atoms. The minimum Gasteiger partial charge on any atom is -0.465 e. The Hall–Kier alpha value is -1.10. The molecule has 4 nitrogen and oxygen atoms in total. The van der Waals surface area contributed by atoms with Gasteiger partial charge in [-0.1, -0.05) is 6.07 Å². The van der Waals surface area contributed by atoms with E-state index in [1.165, 1.54) is 0 Å². The first-order valence-corrected chi connectivity index (χ1v) is 6.69. The monoisotopic (exact) mass is 265 g/mol. The van der Waals surface area contributed by atoms with Gasteiger partial charge < -0.3 is 19.9 Å². The molecule has 2 atom stereocenters. The number of β-amino-alcohol motifs (C(OH)–C–C–N with tert-alkyl or cyclic N) is 1. The van der Waals surface area contributed by atoms with Crippen molar-refractivity contribution >= 4 is 0 Å². The van der Waals surface area contributed by atoms with Gasteiger partial charge in [0.1, 0.15) is 5.75 Å². The molecular formula is C15H23NO3. The molecule has 1 aliphatic heterocycles. The van der Waals surface area contributed by atoms with Gasteiger partial charge in [-0.05, 0) is 45.4 Å². The highest BCUT2D eigenvalue weighted by molar-refractivity contribution is 5.38. The summed E-state index contributed by atoms with van der Waals surface area (Å²) in [7, 11) is 0. The molecule has 0 saturated carbocycles. The van der Waals surface area contributed by atoms with E-state index < -0.39 is 6.10 Å². The molecule has 1 heterocycles. The lowest BCUT2D eigenvalue weighted by Gasteiger charge is -2.26. The van der Waals surface area contributed by atoms with E-state index in [2.05, 4.69) is 26.1 Å². The van der Waals surface area contributed by atoms with Crippen molar-refractivity contribution in [1.29, 1.82) is 0 Å². The molecule has 2 N–H and O–H groups in total. The van der Waals surface area contributed by atoms with Gasteiger partial charge in [0.25, 0.3) is 0 Å². The first kappa shape index (κ1) is 14.3. The molecule has 0 aromatic heterocycles. The van der Waals surface area contributed by atoms with Crippen LogP contribution in [0, 0.1) is 0 Å². The Bertz CT molecular complexity index is 440. The summed E-state index contributed by atoms with van der Waals surface area (Å²) in [5.74, 6) is 0.846. The number of hydrogen-bond donors (Lipinski definition) is 2. The zero-order valence-electron chi connectivity index (χ0n) is 12.1. The molecule has 106 valence electrons. The van der Waals surface area contributed by atoms with Crippen molar-refractivity contribution in [2.75, 3.05) is 6.54 Å². The van der Waals surface area contributed by atoms with Crippen LogP contribution >= 0.6 is 0 Å². The molecule has 1 aliphatic rings. The van der Waals surface area contributed by atoms with Crippen LogP contribution in [-0.2, 0) is 11.3 Å². The van der Waals surface area contributed by atoms with Gasteiger partial charge in [0.05, 0.1) is 12.7 Å². The SMILES string of the molecule is CC1OCc2cc([C@@H](O)CNC(C)(C)C)ccc2O1. The Morgan fingerprint density at radius 3 is 2.84 bits per heavy atom. The predicted molar refractivity (Wildman–Crippen MR) is 74.0 cm³/mol. The van der Waals surface area contributed by atoms with Crippen LogP contribution in [-0.4, -0.2) is 23.5 Å². The van der Waals surface area contributed by atoms with E-state index in [4.69, 9.17) is 9.47 Å². The second-order valence-electron chi connectivity index (χ2n) is 6.01. The minimum absolute atomic E-state index is 0.00313. The summed E-state index contributed by atoms with van der Waals surface area (Å²) >= 11 is 0. The third-order valence-electron chi connectivity index (χ3n) is 3.06. The zero-order chi connectivity index (χ0) is 14.0. The fourth-order valence-corrected chi connectivity index (χ4v) is 1.98. The van der Waals surface area contributed by atoms with Gasteiger partial charge in [-0.15, -0.1) is 0 Å². The van der Waals surface area contributed by atoms with Crippen molar-refractivity contribution in [2.45, 2.75) is 52.2 Å². The van der Waals surface area contributed by atoms with Crippen LogP contribution < -0.4 is 10.1 Å². The normalized spacial score (nSPS) is 20.6. The molecule has 0 aliphatic carbocycles. The van der Waals surface area contributed by atoms with Crippen molar-refractivity contribution in [1.82, 2.24) is 5.32 Å². The number of benzene rings is 1. The van der Waals surface area contributed by atoms with Crippen LogP contribution in [0.4, 0.5) is 0 Å². The van der Waals surface area contributed by atoms with Gasteiger partial charge >= 0.3 is 0 Å². The third-order valence-corrected chi connectivity index (χ3v) is 3.06. The summed E-state index contributed by atoms with van der Waals surface area (Å²) in [6.07, 6.45) is -0.727. The van der Waals surface area contributed by atoms with E-state index in [1.54, 1.807) is 0 Å². The number of hydrogen-bond acceptors (Lipinski definition) is 4. The molecule has 0 fully saturated rings. The maximum atomic E-state index is 10.2. The fraction of sp³-hybridized carbons (Fsp3) is 0.600. The van der Waals surface area contributed by atoms with E-state index in [0.717, 1.165) is 16.9 Å². The highest BCUT2D eigenvalue weighted by atomic mass is 16.7. The van der Waals surface area contributed by atoms with Crippen molar-refractivity contribution in [3.05, 3.63) is 29.3 Å². The lowest BCUT2D eigenvalue weighted by Crippen LogP contribution is -2.38. The first-order chi connectivity index (χ1) is 8.85. The van der Waals surface area contributed by atoms with Gasteiger partial charge in [-0.25, -0.2) is 0 Å². The summed E-state index contributed by atoms with van der Waals surface area (Å²) in [5, 5.41) is 13.5. The largest absolute Gasteiger partial charge is 0.465 e. The standard InChI is InChI=1S/C15H23NO3/c1-10-18-9-12-7-11(5-6-14(12)19-10)13(17)8-16-15(2,3)4/h5-7,10,13,16-17H,8-9H2,1-4H3/t10?,13-/m0/s1. The number of nitrogens with one attached hydrogen (secondary N) is 1. The molecule has 1 aromatic rings. The number of fused-ring (bicyclic) bond motifs is 1. The van der Waals surface area contributed by atoms with Gasteiger partial charge in [0, 0.05) is 17.6 Å². The van der Waals surface area contributed by atoms with Gasteiger partial charge in [-0.2, -0.15) is 0 Å². The quantitative estimate of drug-likeness (QED) is 0.881. The average Bonchev–Trinajstić information content (AvgIpc) is 2.34. The fourth-order valence-electron chi connectivity index (χ4n) is 1.98. The Labute approximate surface area is 114 Å². The number of rotatable bonds is 3. The molecule has 0 saturated heterocycles. The van der Waals surface area contributed by atoms with Crippen LogP contribution in [0.1, 0.15) is 44.9 Å². The van der Waals surface area contributed by atoms with E-state index in [9.17, 15) is 5.11 Å². The summed E-state index contributed by atoms with van der Waals surface area (Å²) in [4.78, 5) is 0. The van der Waals surface area contributed by atoms with Gasteiger partial charge in [0.2, 0.25) is 0 Å². The van der Waals surface area contributed by atoms with Crippen LogP contribution in [0.25, 0.3) is 0 Å². The molecule has 0 amide bonds. The minimum atomic E-state index is -0.524. The average molecular weight is 265 g/mol. The second-order valence-corrected chi connectivity index (χ2v) is 6.01. The highest BCUT2D eigenvalue weighted by Crippen LogP contribution is 2.28. The zero-order valence-corrected chi connectivity index (χ0v) is 12.1. The van der Waals surface area contributed by atoms with E-state index in [0.29, 0.717) is 13.2 Å². The number of ether oxygens (including phenoxy) is 2. The molecular weight excluding hydrogens is 242 g/mol. The van der Waals surface area contributed by atoms with Crippen molar-refractivity contribution in [2.24, 2.45) is 0 Å². The number of aliphatic hydroxyl groups excluding tert-OH is 1. The second kappa shape index (κ2) is 5.49. The van der Waals surface area contributed by atoms with Crippen molar-refractivity contribution in [3.63, 3.8) is 0 Å². The first-order valence-electron chi connectivity index (χ1n) is 6.69. The maximum Gasteiger partial charge on any atom is 0.197 e. The third kappa shape index (κ3) is 3.93. The smallest absolute Gasteiger partial charge is 0.197 e. The van der Waals surface area contributed by atoms with Crippen LogP contribution in [0.15, 0.2) is 18.2 Å². The van der Waals surface area contributed by atoms with Crippen LogP contribution in [0.5, 0.6) is 5.75 Å². The molecule has 0 spiro atoms. The topological polar surface area (TPSA) is 50.7 Å². The molecule has 0 radical (unpaired) electrons. The lowest BCUT2D eigenvalue weighted by atomic mass is 10.0. The summed E-state index contributed by atoms with van der Waals surface area (Å²) < 4.78 is 11.0. The van der Waals surface area contributed by atoms with E-state index in [-0.39, 0.29) is 11.8 Å². The van der Waals surface area contributed by atoms with Crippen LogP contribution in [0.3, 0.4) is 0 Å². The van der Waals surface area contributed by atoms with Gasteiger partial charge in [0.15, 0.2) is 6.29 Å². The molecule has 1 aromatic carbocycles. The summed E-state index contributed by atoms with van der Waals surface area (Å²) in [5.41, 5.74) is 1.87. The molecule has 2 rings (SSSR count). The predicted octanol–water partition coefficient (Wildman–Crippen LogP) is 2.36. The summed E-state index contributed by atoms with van der Waals surface area (Å²) in [6.45, 7) is 9.17. The highest BCUT2D eigenvalue weighted by Gasteiger charge is 2.19. The molecule has 1 unspecified atom stereocenters. The molecule has 0 bridgehead atoms. The molecule has 4 heteroatoms. The Morgan fingerprint density at radius 2 is 2.16 bits per heavy atom. The lowest BCUT2D eigenvalue weighted by molar-refractivity contribution is -0.0944. The van der Waals surface area contributed by atoms with Crippen molar-refractivity contribution < 1.29 is 14.6 Å². The number of aliphatic hydroxyl groups is 1. The maximum absolute atomic E-state index is 10.2. The van der Waals surface area contributed by atoms with E-state index in [1.807, 2.05) is 25.1 Å². The van der Waals surface area contributed by atoms with Crippen LogP contribution in [0.2, 0.25) is 0 Å². The van der Waals surface area contributed by atoms with E-state index >= 15 is 0 Å². The Kier molecular flexibility index (Phi) is 4.13.